The topological polar surface area (TPSA) is 62.2 Å². The first-order valence-electron chi connectivity index (χ1n) is 8.29. The third kappa shape index (κ3) is 5.46. The third-order valence-corrected chi connectivity index (χ3v) is 4.02. The van der Waals surface area contributed by atoms with Gasteiger partial charge in [0.25, 0.3) is 5.91 Å². The third-order valence-electron chi connectivity index (χ3n) is 4.02. The average molecular weight is 326 g/mol. The molecule has 2 N–H and O–H groups in total. The Morgan fingerprint density at radius 1 is 1.21 bits per heavy atom. The number of nitrogens with zero attached hydrogens (tertiary/aromatic N) is 1. The lowest BCUT2D eigenvalue weighted by atomic mass is 9.98. The van der Waals surface area contributed by atoms with Crippen molar-refractivity contribution < 1.29 is 9.90 Å². The summed E-state index contributed by atoms with van der Waals surface area (Å²) < 4.78 is 0. The first-order valence-corrected chi connectivity index (χ1v) is 8.29. The number of aliphatic hydroxyl groups is 1. The summed E-state index contributed by atoms with van der Waals surface area (Å²) in [6, 6.07) is 11.4. The zero-order chi connectivity index (χ0) is 17.7. The molecule has 2 aromatic rings. The van der Waals surface area contributed by atoms with E-state index in [1.165, 1.54) is 0 Å². The molecule has 0 bridgehead atoms. The summed E-state index contributed by atoms with van der Waals surface area (Å²) in [7, 11) is 0. The van der Waals surface area contributed by atoms with Gasteiger partial charge in [-0.2, -0.15) is 0 Å². The molecule has 128 valence electrons. The van der Waals surface area contributed by atoms with E-state index in [1.807, 2.05) is 50.2 Å². The number of nitrogens with one attached hydrogen (secondary N) is 1. The summed E-state index contributed by atoms with van der Waals surface area (Å²) in [6.45, 7) is 7.49. The number of pyridine rings is 1. The number of aromatic nitrogens is 1. The first-order chi connectivity index (χ1) is 11.2. The highest BCUT2D eigenvalue weighted by atomic mass is 16.3. The Kier molecular flexibility index (Phi) is 5.73. The van der Waals surface area contributed by atoms with Crippen molar-refractivity contribution in [2.45, 2.75) is 52.2 Å². The Hall–Kier alpha value is -2.20. The Balaban J connectivity index is 1.96. The number of rotatable bonds is 6. The van der Waals surface area contributed by atoms with Crippen LogP contribution in [0.25, 0.3) is 0 Å². The molecule has 1 heterocycles. The van der Waals surface area contributed by atoms with Crippen LogP contribution in [0.15, 0.2) is 42.6 Å². The van der Waals surface area contributed by atoms with Crippen LogP contribution in [0.2, 0.25) is 0 Å². The van der Waals surface area contributed by atoms with Crippen LogP contribution in [0, 0.1) is 6.92 Å². The number of hydrogen-bond donors (Lipinski definition) is 2. The normalized spacial score (nSPS) is 12.7. The van der Waals surface area contributed by atoms with E-state index in [4.69, 9.17) is 0 Å². The highest BCUT2D eigenvalue weighted by Crippen LogP contribution is 2.15. The maximum Gasteiger partial charge on any atom is 0.251 e. The van der Waals surface area contributed by atoms with Crippen molar-refractivity contribution in [3.63, 3.8) is 0 Å². The summed E-state index contributed by atoms with van der Waals surface area (Å²) >= 11 is 0. The van der Waals surface area contributed by atoms with Crippen LogP contribution in [0.5, 0.6) is 0 Å². The predicted octanol–water partition coefficient (Wildman–Crippen LogP) is 3.58. The van der Waals surface area contributed by atoms with Gasteiger partial charge in [-0.25, -0.2) is 0 Å². The summed E-state index contributed by atoms with van der Waals surface area (Å²) in [4.78, 5) is 16.6. The molecule has 0 fully saturated rings. The number of amides is 1. The van der Waals surface area contributed by atoms with Gasteiger partial charge in [0.2, 0.25) is 0 Å². The maximum absolute atomic E-state index is 12.4. The Morgan fingerprint density at radius 3 is 2.42 bits per heavy atom. The van der Waals surface area contributed by atoms with Crippen molar-refractivity contribution in [2.75, 3.05) is 0 Å². The largest absolute Gasteiger partial charge is 0.390 e. The molecule has 0 spiro atoms. The van der Waals surface area contributed by atoms with Crippen molar-refractivity contribution in [3.8, 4) is 0 Å². The second kappa shape index (κ2) is 7.58. The lowest BCUT2D eigenvalue weighted by Gasteiger charge is -2.17. The van der Waals surface area contributed by atoms with Crippen LogP contribution >= 0.6 is 0 Å². The molecule has 1 aromatic heterocycles. The van der Waals surface area contributed by atoms with Crippen LogP contribution < -0.4 is 5.32 Å². The molecule has 1 amide bonds. The Labute approximate surface area is 143 Å². The highest BCUT2D eigenvalue weighted by molar-refractivity contribution is 5.94. The van der Waals surface area contributed by atoms with E-state index in [0.717, 1.165) is 23.2 Å². The van der Waals surface area contributed by atoms with Gasteiger partial charge in [0.1, 0.15) is 0 Å². The molecular weight excluding hydrogens is 300 g/mol. The number of aryl methyl sites for hydroxylation is 2. The fourth-order valence-corrected chi connectivity index (χ4v) is 2.37. The smallest absolute Gasteiger partial charge is 0.251 e. The second-order valence-corrected chi connectivity index (χ2v) is 6.94. The van der Waals surface area contributed by atoms with Gasteiger partial charge in [0, 0.05) is 17.5 Å². The van der Waals surface area contributed by atoms with E-state index in [0.29, 0.717) is 12.0 Å². The number of carbonyl (C=O) groups excluding carboxylic acids is 1. The van der Waals surface area contributed by atoms with Gasteiger partial charge >= 0.3 is 0 Å². The molecule has 0 aliphatic heterocycles. The monoisotopic (exact) mass is 326 g/mol. The van der Waals surface area contributed by atoms with E-state index in [2.05, 4.69) is 10.3 Å². The van der Waals surface area contributed by atoms with Gasteiger partial charge in [0.15, 0.2) is 0 Å². The van der Waals surface area contributed by atoms with Gasteiger partial charge in [-0.1, -0.05) is 18.2 Å². The molecule has 1 atom stereocenters. The quantitative estimate of drug-likeness (QED) is 0.853. The van der Waals surface area contributed by atoms with Gasteiger partial charge < -0.3 is 10.4 Å². The fraction of sp³-hybridized carbons (Fsp3) is 0.400. The van der Waals surface area contributed by atoms with Crippen molar-refractivity contribution in [1.82, 2.24) is 10.3 Å². The summed E-state index contributed by atoms with van der Waals surface area (Å²) in [6.07, 6.45) is 3.27. The fourth-order valence-electron chi connectivity index (χ4n) is 2.37. The molecule has 4 heteroatoms. The molecule has 4 nitrogen and oxygen atoms in total. The molecule has 1 aromatic carbocycles. The second-order valence-electron chi connectivity index (χ2n) is 6.94. The van der Waals surface area contributed by atoms with Crippen molar-refractivity contribution in [3.05, 3.63) is 65.0 Å². The van der Waals surface area contributed by atoms with E-state index in [-0.39, 0.29) is 11.9 Å². The number of hydrogen-bond acceptors (Lipinski definition) is 3. The summed E-state index contributed by atoms with van der Waals surface area (Å²) in [5.74, 6) is -0.0999. The van der Waals surface area contributed by atoms with Gasteiger partial charge in [-0.3, -0.25) is 9.78 Å². The lowest BCUT2D eigenvalue weighted by molar-refractivity contribution is 0.0713. The molecule has 0 radical (unpaired) electrons. The lowest BCUT2D eigenvalue weighted by Crippen LogP contribution is -2.26. The van der Waals surface area contributed by atoms with Crippen LogP contribution in [0.4, 0.5) is 0 Å². The van der Waals surface area contributed by atoms with E-state index in [9.17, 15) is 9.90 Å². The summed E-state index contributed by atoms with van der Waals surface area (Å²) in [5.41, 5.74) is 3.01. The molecule has 2 rings (SSSR count). The minimum atomic E-state index is -0.673. The highest BCUT2D eigenvalue weighted by Gasteiger charge is 2.14. The van der Waals surface area contributed by atoms with E-state index in [1.54, 1.807) is 20.0 Å². The van der Waals surface area contributed by atoms with Crippen LogP contribution in [-0.2, 0) is 6.42 Å². The van der Waals surface area contributed by atoms with Crippen molar-refractivity contribution in [1.29, 1.82) is 0 Å². The standard InChI is InChI=1S/C20H26N2O2/c1-14-5-8-18(13-21-14)15(2)22-19(23)17-9-6-16(7-10-17)11-12-20(3,4)24/h5-10,13,15,24H,11-12H2,1-4H3,(H,22,23). The van der Waals surface area contributed by atoms with E-state index >= 15 is 0 Å². The van der Waals surface area contributed by atoms with Gasteiger partial charge in [0.05, 0.1) is 11.6 Å². The molecule has 0 saturated carbocycles. The maximum atomic E-state index is 12.4. The first kappa shape index (κ1) is 18.1. The van der Waals surface area contributed by atoms with Crippen LogP contribution in [-0.4, -0.2) is 21.6 Å². The molecule has 0 aliphatic rings. The van der Waals surface area contributed by atoms with Crippen LogP contribution in [0.3, 0.4) is 0 Å². The molecular formula is C20H26N2O2. The zero-order valence-corrected chi connectivity index (χ0v) is 14.8. The molecule has 0 aliphatic carbocycles. The number of carbonyl (C=O) groups is 1. The van der Waals surface area contributed by atoms with Crippen LogP contribution in [0.1, 0.15) is 60.4 Å². The molecule has 1 unspecified atom stereocenters. The Bertz CT molecular complexity index is 670. The molecule has 24 heavy (non-hydrogen) atoms. The van der Waals surface area contributed by atoms with Gasteiger partial charge in [-0.15, -0.1) is 0 Å². The van der Waals surface area contributed by atoms with E-state index < -0.39 is 5.60 Å². The SMILES string of the molecule is Cc1ccc(C(C)NC(=O)c2ccc(CCC(C)(C)O)cc2)cn1. The zero-order valence-electron chi connectivity index (χ0n) is 14.8. The summed E-state index contributed by atoms with van der Waals surface area (Å²) in [5, 5.41) is 12.8. The minimum Gasteiger partial charge on any atom is -0.390 e. The average Bonchev–Trinajstić information content (AvgIpc) is 2.53. The Morgan fingerprint density at radius 2 is 1.88 bits per heavy atom. The molecule has 0 saturated heterocycles. The minimum absolute atomic E-state index is 0.0968. The van der Waals surface area contributed by atoms with Gasteiger partial charge in [-0.05, 0) is 69.9 Å². The van der Waals surface area contributed by atoms with Crippen molar-refractivity contribution >= 4 is 5.91 Å². The predicted molar refractivity (Wildman–Crippen MR) is 95.9 cm³/mol. The van der Waals surface area contributed by atoms with Crippen molar-refractivity contribution in [2.24, 2.45) is 0 Å². The number of benzene rings is 1.